The van der Waals surface area contributed by atoms with Gasteiger partial charge in [0.1, 0.15) is 12.0 Å². The van der Waals surface area contributed by atoms with Crippen molar-refractivity contribution in [1.82, 2.24) is 10.1 Å². The molecule has 0 spiro atoms. The Balaban J connectivity index is 2.52. The normalized spacial score (nSPS) is 10.4. The van der Waals surface area contributed by atoms with Crippen LogP contribution in [0.4, 0.5) is 0 Å². The van der Waals surface area contributed by atoms with E-state index in [4.69, 9.17) is 4.52 Å². The van der Waals surface area contributed by atoms with Gasteiger partial charge >= 0.3 is 0 Å². The average molecular weight is 242 g/mol. The molecule has 0 aliphatic carbocycles. The largest absolute Gasteiger partial charge is 0.376 e. The van der Waals surface area contributed by atoms with Gasteiger partial charge in [-0.15, -0.1) is 0 Å². The molecular weight excluding hydrogens is 224 g/mol. The fourth-order valence-corrected chi connectivity index (χ4v) is 1.94. The fraction of sp³-hybridized carbons (Fsp3) is 0.267. The van der Waals surface area contributed by atoms with Crippen LogP contribution in [0.1, 0.15) is 18.2 Å². The van der Waals surface area contributed by atoms with Gasteiger partial charge in [0, 0.05) is 14.1 Å². The van der Waals surface area contributed by atoms with Crippen LogP contribution >= 0.6 is 0 Å². The lowest BCUT2D eigenvalue weighted by Gasteiger charge is -2.15. The van der Waals surface area contributed by atoms with Crippen LogP contribution in [-0.2, 0) is 6.42 Å². The van der Waals surface area contributed by atoms with Gasteiger partial charge in [0.25, 0.3) is 0 Å². The van der Waals surface area contributed by atoms with Gasteiger partial charge in [-0.25, -0.2) is 0 Å². The van der Waals surface area contributed by atoms with Crippen molar-refractivity contribution in [2.24, 2.45) is 0 Å². The third-order valence-electron chi connectivity index (χ3n) is 3.07. The first kappa shape index (κ1) is 12.4. The van der Waals surface area contributed by atoms with E-state index in [1.165, 1.54) is 11.1 Å². The molecule has 3 heteroatoms. The molecule has 0 radical (unpaired) electrons. The Morgan fingerprint density at radius 1 is 1.28 bits per heavy atom. The lowest BCUT2D eigenvalue weighted by molar-refractivity contribution is 0.415. The van der Waals surface area contributed by atoms with Gasteiger partial charge in [-0.05, 0) is 17.5 Å². The molecule has 1 heterocycles. The van der Waals surface area contributed by atoms with Crippen molar-refractivity contribution in [1.29, 1.82) is 0 Å². The van der Waals surface area contributed by atoms with Crippen LogP contribution in [0.2, 0.25) is 0 Å². The summed E-state index contributed by atoms with van der Waals surface area (Å²) in [5, 5.41) is 4.07. The van der Waals surface area contributed by atoms with Crippen LogP contribution in [0.5, 0.6) is 0 Å². The summed E-state index contributed by atoms with van der Waals surface area (Å²) in [5.41, 5.74) is 5.12. The second-order valence-corrected chi connectivity index (χ2v) is 4.43. The van der Waals surface area contributed by atoms with Gasteiger partial charge in [0.15, 0.2) is 0 Å². The predicted molar refractivity (Wildman–Crippen MR) is 74.0 cm³/mol. The van der Waals surface area contributed by atoms with Crippen molar-refractivity contribution < 1.29 is 4.52 Å². The number of aromatic nitrogens is 1. The summed E-state index contributed by atoms with van der Waals surface area (Å²) in [6.45, 7) is 6.19. The maximum Gasteiger partial charge on any atom is 0.137 e. The molecule has 1 aromatic heterocycles. The highest BCUT2D eigenvalue weighted by atomic mass is 16.5. The van der Waals surface area contributed by atoms with E-state index < -0.39 is 0 Å². The topological polar surface area (TPSA) is 29.3 Å². The second kappa shape index (κ2) is 5.08. The zero-order chi connectivity index (χ0) is 13.1. The molecule has 0 atom stereocenters. The van der Waals surface area contributed by atoms with E-state index in [1.54, 1.807) is 6.26 Å². The summed E-state index contributed by atoms with van der Waals surface area (Å²) >= 11 is 0. The molecule has 3 nitrogen and oxygen atoms in total. The van der Waals surface area contributed by atoms with Gasteiger partial charge in [-0.3, -0.25) is 0 Å². The summed E-state index contributed by atoms with van der Waals surface area (Å²) in [4.78, 5) is 1.94. The van der Waals surface area contributed by atoms with E-state index >= 15 is 0 Å². The van der Waals surface area contributed by atoms with Crippen molar-refractivity contribution in [3.8, 4) is 11.1 Å². The van der Waals surface area contributed by atoms with Crippen LogP contribution in [0.15, 0.2) is 41.6 Å². The average Bonchev–Trinajstić information content (AvgIpc) is 2.86. The summed E-state index contributed by atoms with van der Waals surface area (Å²) < 4.78 is 5.13. The Kier molecular flexibility index (Phi) is 3.51. The molecule has 0 fully saturated rings. The van der Waals surface area contributed by atoms with Crippen LogP contribution in [-0.4, -0.2) is 24.2 Å². The minimum Gasteiger partial charge on any atom is -0.376 e. The molecule has 0 aliphatic heterocycles. The van der Waals surface area contributed by atoms with Crippen molar-refractivity contribution in [2.45, 2.75) is 13.3 Å². The molecular formula is C15H18N2O. The third kappa shape index (κ3) is 2.16. The number of nitrogens with zero attached hydrogens (tertiary/aromatic N) is 2. The number of benzene rings is 1. The summed E-state index contributed by atoms with van der Waals surface area (Å²) in [7, 11) is 3.90. The van der Waals surface area contributed by atoms with E-state index in [-0.39, 0.29) is 0 Å². The van der Waals surface area contributed by atoms with Gasteiger partial charge in [-0.2, -0.15) is 0 Å². The number of hydrogen-bond acceptors (Lipinski definition) is 3. The summed E-state index contributed by atoms with van der Waals surface area (Å²) in [5.74, 6) is 0. The zero-order valence-electron chi connectivity index (χ0n) is 11.1. The number of aryl methyl sites for hydroxylation is 1. The summed E-state index contributed by atoms with van der Waals surface area (Å²) in [6.07, 6.45) is 2.67. The molecule has 2 aromatic rings. The van der Waals surface area contributed by atoms with Gasteiger partial charge in [0.2, 0.25) is 0 Å². The first-order valence-corrected chi connectivity index (χ1v) is 6.04. The molecule has 1 aromatic carbocycles. The van der Waals surface area contributed by atoms with Crippen LogP contribution < -0.4 is 0 Å². The highest BCUT2D eigenvalue weighted by Gasteiger charge is 2.16. The molecule has 0 unspecified atom stereocenters. The quantitative estimate of drug-likeness (QED) is 0.822. The SMILES string of the molecule is C=C(c1nocc1-c1ccccc1CC)N(C)C. The van der Waals surface area contributed by atoms with E-state index in [1.807, 2.05) is 25.1 Å². The summed E-state index contributed by atoms with van der Waals surface area (Å²) in [6, 6.07) is 8.31. The number of hydrogen-bond donors (Lipinski definition) is 0. The lowest BCUT2D eigenvalue weighted by atomic mass is 9.98. The Hall–Kier alpha value is -2.03. The first-order chi connectivity index (χ1) is 8.65. The first-order valence-electron chi connectivity index (χ1n) is 6.04. The smallest absolute Gasteiger partial charge is 0.137 e. The Labute approximate surface area is 108 Å². The maximum atomic E-state index is 5.13. The van der Waals surface area contributed by atoms with Crippen molar-refractivity contribution in [3.63, 3.8) is 0 Å². The van der Waals surface area contributed by atoms with Crippen molar-refractivity contribution >= 4 is 5.70 Å². The minimum atomic E-state index is 0.806. The van der Waals surface area contributed by atoms with E-state index in [2.05, 4.69) is 36.9 Å². The lowest BCUT2D eigenvalue weighted by Crippen LogP contribution is -2.09. The van der Waals surface area contributed by atoms with Gasteiger partial charge < -0.3 is 9.42 Å². The predicted octanol–water partition coefficient (Wildman–Crippen LogP) is 3.44. The fourth-order valence-electron chi connectivity index (χ4n) is 1.94. The molecule has 94 valence electrons. The van der Waals surface area contributed by atoms with Crippen molar-refractivity contribution in [3.05, 3.63) is 48.4 Å². The molecule has 0 N–H and O–H groups in total. The molecule has 0 amide bonds. The van der Waals surface area contributed by atoms with Crippen molar-refractivity contribution in [2.75, 3.05) is 14.1 Å². The Bertz CT molecular complexity index is 555. The maximum absolute atomic E-state index is 5.13. The second-order valence-electron chi connectivity index (χ2n) is 4.43. The van der Waals surface area contributed by atoms with E-state index in [0.29, 0.717) is 0 Å². The third-order valence-corrected chi connectivity index (χ3v) is 3.07. The van der Waals surface area contributed by atoms with Crippen LogP contribution in [0.25, 0.3) is 16.8 Å². The highest BCUT2D eigenvalue weighted by molar-refractivity contribution is 5.78. The highest BCUT2D eigenvalue weighted by Crippen LogP contribution is 2.30. The van der Waals surface area contributed by atoms with Gasteiger partial charge in [-0.1, -0.05) is 42.9 Å². The molecule has 0 saturated carbocycles. The molecule has 18 heavy (non-hydrogen) atoms. The standard InChI is InChI=1S/C15H18N2O/c1-5-12-8-6-7-9-13(12)14-10-18-16-15(14)11(2)17(3)4/h6-10H,2,5H2,1,3-4H3. The van der Waals surface area contributed by atoms with E-state index in [9.17, 15) is 0 Å². The Morgan fingerprint density at radius 3 is 2.67 bits per heavy atom. The number of rotatable bonds is 4. The van der Waals surface area contributed by atoms with Crippen LogP contribution in [0.3, 0.4) is 0 Å². The monoisotopic (exact) mass is 242 g/mol. The van der Waals surface area contributed by atoms with E-state index in [0.717, 1.165) is 23.4 Å². The Morgan fingerprint density at radius 2 is 2.00 bits per heavy atom. The molecule has 0 bridgehead atoms. The van der Waals surface area contributed by atoms with Gasteiger partial charge in [0.05, 0.1) is 11.3 Å². The minimum absolute atomic E-state index is 0.806. The zero-order valence-corrected chi connectivity index (χ0v) is 11.1. The van der Waals surface area contributed by atoms with Crippen LogP contribution in [0, 0.1) is 0 Å². The molecule has 0 aliphatic rings. The molecule has 0 saturated heterocycles. The molecule has 2 rings (SSSR count).